The second-order valence-electron chi connectivity index (χ2n) is 9.85. The van der Waals surface area contributed by atoms with Crippen molar-refractivity contribution in [2.75, 3.05) is 13.1 Å². The number of alkyl halides is 2. The van der Waals surface area contributed by atoms with Crippen LogP contribution in [-0.2, 0) is 4.74 Å². The van der Waals surface area contributed by atoms with Crippen LogP contribution in [0.25, 0.3) is 0 Å². The van der Waals surface area contributed by atoms with Gasteiger partial charge in [0.05, 0.1) is 5.71 Å². The third-order valence-corrected chi connectivity index (χ3v) is 8.15. The molecule has 1 aliphatic carbocycles. The molecule has 0 bridgehead atoms. The van der Waals surface area contributed by atoms with Crippen LogP contribution in [0, 0.1) is 17.1 Å². The fraction of sp³-hybridized carbons (Fsp3) is 0.414. The Labute approximate surface area is 241 Å². The molecule has 11 heteroatoms. The first-order chi connectivity index (χ1) is 19.2. The van der Waals surface area contributed by atoms with Gasteiger partial charge in [0.25, 0.3) is 0 Å². The number of hydrogen-bond acceptors (Lipinski definition) is 6. The third kappa shape index (κ3) is 7.20. The number of aliphatic imine (C=N–C) groups is 1. The maximum absolute atomic E-state index is 13.9. The van der Waals surface area contributed by atoms with Gasteiger partial charge in [-0.25, -0.2) is 18.0 Å². The van der Waals surface area contributed by atoms with Crippen molar-refractivity contribution in [3.63, 3.8) is 0 Å². The first-order valence-electron chi connectivity index (χ1n) is 13.2. The van der Waals surface area contributed by atoms with Crippen LogP contribution in [0.1, 0.15) is 50.6 Å². The first kappa shape index (κ1) is 30.0. The number of carbonyl (C=O) groups excluding carboxylic acids is 1. The highest BCUT2D eigenvalue weighted by atomic mass is 35.5. The minimum absolute atomic E-state index is 0.0126. The lowest BCUT2D eigenvalue weighted by Crippen LogP contribution is -2.37. The number of amides is 1. The number of hydrogen-bond donors (Lipinski definition) is 2. The smallest absolute Gasteiger partial charge is 0.407 e. The highest BCUT2D eigenvalue weighted by Crippen LogP contribution is 2.44. The molecule has 0 unspecified atom stereocenters. The van der Waals surface area contributed by atoms with E-state index in [4.69, 9.17) is 26.7 Å². The molecule has 1 saturated carbocycles. The highest BCUT2D eigenvalue weighted by Gasteiger charge is 2.40. The normalized spacial score (nSPS) is 21.1. The van der Waals surface area contributed by atoms with Gasteiger partial charge in [-0.2, -0.15) is 0 Å². The molecule has 0 radical (unpaired) electrons. The molecule has 2 heterocycles. The van der Waals surface area contributed by atoms with Crippen molar-refractivity contribution in [1.82, 2.24) is 10.2 Å². The molecule has 2 aliphatic heterocycles. The average molecular weight is 593 g/mol. The summed E-state index contributed by atoms with van der Waals surface area (Å²) in [6.45, 7) is 6.94. The van der Waals surface area contributed by atoms with Crippen LogP contribution < -0.4 is 5.32 Å². The molecule has 2 fully saturated rings. The Hall–Kier alpha value is -2.98. The highest BCUT2D eigenvalue weighted by molar-refractivity contribution is 8.06. The number of alkyl carbamates (subject to hydrolysis) is 1. The quantitative estimate of drug-likeness (QED) is 0.257. The summed E-state index contributed by atoms with van der Waals surface area (Å²) in [6.07, 6.45) is 4.28. The van der Waals surface area contributed by atoms with E-state index in [1.54, 1.807) is 0 Å². The zero-order chi connectivity index (χ0) is 28.8. The minimum atomic E-state index is -2.54. The second-order valence-corrected chi connectivity index (χ2v) is 11.3. The molecule has 6 nitrogen and oxygen atoms in total. The van der Waals surface area contributed by atoms with Crippen LogP contribution in [-0.4, -0.2) is 48.2 Å². The fourth-order valence-electron chi connectivity index (χ4n) is 4.80. The Morgan fingerprint density at radius 1 is 1.40 bits per heavy atom. The number of fused-ring (bicyclic) bond motifs is 1. The number of carbonyl (C=O) groups is 1. The number of nitrogens with one attached hydrogen (secondary N) is 2. The van der Waals surface area contributed by atoms with Crippen LogP contribution in [0.2, 0.25) is 5.02 Å². The molecular weight excluding hydrogens is 561 g/mol. The van der Waals surface area contributed by atoms with E-state index in [9.17, 15) is 18.0 Å². The predicted molar refractivity (Wildman–Crippen MR) is 155 cm³/mol. The topological polar surface area (TPSA) is 77.8 Å². The molecule has 40 heavy (non-hydrogen) atoms. The van der Waals surface area contributed by atoms with E-state index in [0.29, 0.717) is 41.4 Å². The lowest BCUT2D eigenvalue weighted by molar-refractivity contribution is 0.0519. The van der Waals surface area contributed by atoms with Crippen molar-refractivity contribution in [2.24, 2.45) is 10.9 Å². The second kappa shape index (κ2) is 13.6. The molecule has 0 aromatic heterocycles. The number of nitrogens with zero attached hydrogens (tertiary/aromatic N) is 2. The summed E-state index contributed by atoms with van der Waals surface area (Å²) in [5, 5.41) is 13.7. The summed E-state index contributed by atoms with van der Waals surface area (Å²) < 4.78 is 45.0. The summed E-state index contributed by atoms with van der Waals surface area (Å²) in [7, 11) is 0. The van der Waals surface area contributed by atoms with Crippen molar-refractivity contribution in [2.45, 2.75) is 57.6 Å². The van der Waals surface area contributed by atoms with Gasteiger partial charge >= 0.3 is 6.09 Å². The van der Waals surface area contributed by atoms with Crippen LogP contribution >= 0.6 is 23.4 Å². The minimum Gasteiger partial charge on any atom is -0.446 e. The van der Waals surface area contributed by atoms with Gasteiger partial charge < -0.3 is 20.4 Å². The largest absolute Gasteiger partial charge is 0.446 e. The van der Waals surface area contributed by atoms with Gasteiger partial charge in [0, 0.05) is 46.3 Å². The van der Waals surface area contributed by atoms with E-state index in [0.717, 1.165) is 25.0 Å². The zero-order valence-corrected chi connectivity index (χ0v) is 23.7. The predicted octanol–water partition coefficient (Wildman–Crippen LogP) is 7.80. The van der Waals surface area contributed by atoms with Crippen LogP contribution in [0.15, 0.2) is 69.6 Å². The van der Waals surface area contributed by atoms with Gasteiger partial charge in [0.1, 0.15) is 23.8 Å². The Morgan fingerprint density at radius 3 is 2.83 bits per heavy atom. The van der Waals surface area contributed by atoms with Crippen molar-refractivity contribution < 1.29 is 22.7 Å². The standard InChI is InChI=1S/C29H32ClF3N4O2S/c1-3-12-40-17(2)28-36-27(21-11-10-19(31)14-22(21)30)26(23(34)8-5-9-25(32)33)24-13-18(16-37(24)28)15-35-29(38)39-20-6-4-7-20/h3,5,8,10-12,14,18,20,25,27,34H,2,4,6-7,9,13,15-16H2,1H3,(H,35,38)/b8-5-,12-3-,34-23?/t18-,27+/m1/s1. The maximum Gasteiger partial charge on any atom is 0.407 e. The van der Waals surface area contributed by atoms with Crippen LogP contribution in [0.4, 0.5) is 18.0 Å². The van der Waals surface area contributed by atoms with Crippen LogP contribution in [0.5, 0.6) is 0 Å². The van der Waals surface area contributed by atoms with Crippen molar-refractivity contribution in [1.29, 1.82) is 5.41 Å². The van der Waals surface area contributed by atoms with E-state index in [-0.39, 0.29) is 22.8 Å². The van der Waals surface area contributed by atoms with E-state index < -0.39 is 30.8 Å². The van der Waals surface area contributed by atoms with Gasteiger partial charge in [-0.05, 0) is 62.1 Å². The molecule has 1 aromatic rings. The number of halogens is 4. The maximum atomic E-state index is 13.9. The molecule has 1 aromatic carbocycles. The Balaban J connectivity index is 1.70. The van der Waals surface area contributed by atoms with Crippen molar-refractivity contribution in [3.05, 3.63) is 81.0 Å². The van der Waals surface area contributed by atoms with E-state index in [2.05, 4.69) is 11.9 Å². The molecular formula is C29H32ClF3N4O2S. The molecule has 1 amide bonds. The summed E-state index contributed by atoms with van der Waals surface area (Å²) in [5.41, 5.74) is 1.76. The number of rotatable bonds is 11. The van der Waals surface area contributed by atoms with Crippen LogP contribution in [0.3, 0.4) is 0 Å². The van der Waals surface area contributed by atoms with Gasteiger partial charge in [0.15, 0.2) is 0 Å². The van der Waals surface area contributed by atoms with Crippen molar-refractivity contribution >= 4 is 41.0 Å². The molecule has 0 spiro atoms. The first-order valence-corrected chi connectivity index (χ1v) is 14.4. The summed E-state index contributed by atoms with van der Waals surface area (Å²) in [4.78, 5) is 19.9. The number of benzene rings is 1. The van der Waals surface area contributed by atoms with E-state index in [1.807, 2.05) is 23.3 Å². The van der Waals surface area contributed by atoms with Gasteiger partial charge in [0.2, 0.25) is 6.43 Å². The Kier molecular flexibility index (Phi) is 10.2. The molecule has 2 N–H and O–H groups in total. The number of ether oxygens (including phenoxy) is 1. The molecule has 4 rings (SSSR count). The lowest BCUT2D eigenvalue weighted by Gasteiger charge is -2.34. The third-order valence-electron chi connectivity index (χ3n) is 6.94. The molecule has 1 saturated heterocycles. The van der Waals surface area contributed by atoms with Gasteiger partial charge in [-0.1, -0.05) is 48.2 Å². The summed E-state index contributed by atoms with van der Waals surface area (Å²) in [6, 6.07) is 3.22. The average Bonchev–Trinajstić information content (AvgIpc) is 3.31. The number of amidine groups is 1. The van der Waals surface area contributed by atoms with Crippen molar-refractivity contribution in [3.8, 4) is 0 Å². The van der Waals surface area contributed by atoms with E-state index in [1.165, 1.54) is 42.1 Å². The summed E-state index contributed by atoms with van der Waals surface area (Å²) >= 11 is 7.86. The van der Waals surface area contributed by atoms with Gasteiger partial charge in [-0.15, -0.1) is 0 Å². The molecule has 214 valence electrons. The SMILES string of the molecule is C=C(S/C=C\C)C1=N[C@@H](c2ccc(F)cc2Cl)C(C(=N)/C=C\CC(F)F)=C2C[C@H](CNC(=O)OC3CCC3)CN12. The molecule has 2 atom stereocenters. The lowest BCUT2D eigenvalue weighted by atomic mass is 9.90. The zero-order valence-electron chi connectivity index (χ0n) is 22.1. The molecule has 3 aliphatic rings. The summed E-state index contributed by atoms with van der Waals surface area (Å²) in [5.74, 6) is 0.0328. The number of allylic oxidation sites excluding steroid dienone is 4. The number of thioether (sulfide) groups is 1. The Morgan fingerprint density at radius 2 is 2.17 bits per heavy atom. The Bertz CT molecular complexity index is 1280. The fourth-order valence-corrected chi connectivity index (χ4v) is 5.64. The van der Waals surface area contributed by atoms with E-state index >= 15 is 0 Å². The van der Waals surface area contributed by atoms with Gasteiger partial charge in [-0.3, -0.25) is 4.99 Å². The monoisotopic (exact) mass is 592 g/mol.